The van der Waals surface area contributed by atoms with Crippen molar-refractivity contribution in [1.29, 1.82) is 0 Å². The number of nitrogens with one attached hydrogen (secondary N) is 1. The number of nitrogens with zero attached hydrogens (tertiary/aromatic N) is 2. The molecule has 3 nitrogen and oxygen atoms in total. The topological polar surface area (TPSA) is 29.9 Å². The van der Waals surface area contributed by atoms with Crippen LogP contribution in [0.4, 0.5) is 5.69 Å². The molecule has 0 spiro atoms. The summed E-state index contributed by atoms with van der Waals surface area (Å²) in [6, 6.07) is 4.17. The maximum Gasteiger partial charge on any atom is 0.0597 e. The molecular formula is C10H13N3S. The average molecular weight is 207 g/mol. The van der Waals surface area contributed by atoms with E-state index in [4.69, 9.17) is 0 Å². The molecule has 0 aliphatic rings. The van der Waals surface area contributed by atoms with Gasteiger partial charge < -0.3 is 5.32 Å². The minimum absolute atomic E-state index is 0.827. The van der Waals surface area contributed by atoms with Gasteiger partial charge in [0.25, 0.3) is 0 Å². The minimum atomic E-state index is 0.827. The summed E-state index contributed by atoms with van der Waals surface area (Å²) in [5.41, 5.74) is 3.44. The third-order valence-corrected chi connectivity index (χ3v) is 2.78. The molecule has 0 amide bonds. The number of anilines is 1. The van der Waals surface area contributed by atoms with Gasteiger partial charge in [-0.2, -0.15) is 16.4 Å². The highest BCUT2D eigenvalue weighted by atomic mass is 32.1. The van der Waals surface area contributed by atoms with Gasteiger partial charge in [0.2, 0.25) is 0 Å². The number of thiophene rings is 1. The summed E-state index contributed by atoms with van der Waals surface area (Å²) >= 11 is 1.70. The zero-order chi connectivity index (χ0) is 9.97. The molecule has 0 aromatic carbocycles. The van der Waals surface area contributed by atoms with Crippen LogP contribution < -0.4 is 5.32 Å². The van der Waals surface area contributed by atoms with E-state index in [-0.39, 0.29) is 0 Å². The first-order chi connectivity index (χ1) is 6.75. The standard InChI is InChI=1S/C10H13N3S/c1-8-5-10(13(2)12-8)6-11-9-3-4-14-7-9/h3-5,7,11H,6H2,1-2H3. The number of aromatic nitrogens is 2. The minimum Gasteiger partial charge on any atom is -0.379 e. The fourth-order valence-electron chi connectivity index (χ4n) is 1.39. The molecule has 2 aromatic heterocycles. The largest absolute Gasteiger partial charge is 0.379 e. The van der Waals surface area contributed by atoms with Gasteiger partial charge in [-0.15, -0.1) is 0 Å². The van der Waals surface area contributed by atoms with Gasteiger partial charge >= 0.3 is 0 Å². The number of rotatable bonds is 3. The molecule has 2 aromatic rings. The third-order valence-electron chi connectivity index (χ3n) is 2.09. The summed E-state index contributed by atoms with van der Waals surface area (Å²) in [4.78, 5) is 0. The van der Waals surface area contributed by atoms with Crippen molar-refractivity contribution in [2.45, 2.75) is 13.5 Å². The predicted octanol–water partition coefficient (Wildman–Crippen LogP) is 2.40. The second kappa shape index (κ2) is 3.84. The van der Waals surface area contributed by atoms with Gasteiger partial charge in [-0.05, 0) is 24.4 Å². The number of aryl methyl sites for hydroxylation is 2. The van der Waals surface area contributed by atoms with Crippen LogP contribution >= 0.6 is 11.3 Å². The van der Waals surface area contributed by atoms with E-state index in [1.54, 1.807) is 11.3 Å². The lowest BCUT2D eigenvalue weighted by atomic mass is 10.3. The Kier molecular flexibility index (Phi) is 2.54. The smallest absolute Gasteiger partial charge is 0.0597 e. The van der Waals surface area contributed by atoms with Gasteiger partial charge in [0.15, 0.2) is 0 Å². The molecule has 14 heavy (non-hydrogen) atoms. The van der Waals surface area contributed by atoms with Crippen LogP contribution in [0.5, 0.6) is 0 Å². The second-order valence-electron chi connectivity index (χ2n) is 3.27. The Morgan fingerprint density at radius 3 is 3.00 bits per heavy atom. The van der Waals surface area contributed by atoms with Crippen LogP contribution in [-0.4, -0.2) is 9.78 Å². The first-order valence-corrected chi connectivity index (χ1v) is 5.45. The zero-order valence-electron chi connectivity index (χ0n) is 8.32. The van der Waals surface area contributed by atoms with Crippen molar-refractivity contribution in [3.63, 3.8) is 0 Å². The summed E-state index contributed by atoms with van der Waals surface area (Å²) in [5.74, 6) is 0. The van der Waals surface area contributed by atoms with Crippen molar-refractivity contribution in [3.05, 3.63) is 34.3 Å². The molecule has 0 unspecified atom stereocenters. The maximum atomic E-state index is 4.29. The van der Waals surface area contributed by atoms with E-state index < -0.39 is 0 Å². The first-order valence-electron chi connectivity index (χ1n) is 4.51. The van der Waals surface area contributed by atoms with Crippen molar-refractivity contribution in [2.75, 3.05) is 5.32 Å². The van der Waals surface area contributed by atoms with Gasteiger partial charge in [-0.25, -0.2) is 0 Å². The lowest BCUT2D eigenvalue weighted by molar-refractivity contribution is 0.713. The molecule has 2 rings (SSSR count). The second-order valence-corrected chi connectivity index (χ2v) is 4.05. The molecule has 4 heteroatoms. The quantitative estimate of drug-likeness (QED) is 0.837. The Labute approximate surface area is 87.4 Å². The van der Waals surface area contributed by atoms with E-state index in [1.807, 2.05) is 18.7 Å². The summed E-state index contributed by atoms with van der Waals surface area (Å²) in [7, 11) is 1.97. The molecule has 0 fully saturated rings. The predicted molar refractivity (Wildman–Crippen MR) is 59.6 cm³/mol. The van der Waals surface area contributed by atoms with Gasteiger partial charge in [0.1, 0.15) is 0 Å². The van der Waals surface area contributed by atoms with Gasteiger partial charge in [-0.3, -0.25) is 4.68 Å². The Hall–Kier alpha value is -1.29. The maximum absolute atomic E-state index is 4.29. The summed E-state index contributed by atoms with van der Waals surface area (Å²) in [5, 5.41) is 11.8. The van der Waals surface area contributed by atoms with Crippen molar-refractivity contribution in [1.82, 2.24) is 9.78 Å². The van der Waals surface area contributed by atoms with Crippen molar-refractivity contribution in [2.24, 2.45) is 7.05 Å². The van der Waals surface area contributed by atoms with Crippen LogP contribution in [0.2, 0.25) is 0 Å². The van der Waals surface area contributed by atoms with Crippen molar-refractivity contribution >= 4 is 17.0 Å². The summed E-state index contributed by atoms with van der Waals surface area (Å²) in [6.07, 6.45) is 0. The Morgan fingerprint density at radius 2 is 2.43 bits per heavy atom. The summed E-state index contributed by atoms with van der Waals surface area (Å²) in [6.45, 7) is 2.84. The molecule has 0 atom stereocenters. The normalized spacial score (nSPS) is 10.4. The molecule has 0 saturated heterocycles. The molecule has 0 aliphatic heterocycles. The van der Waals surface area contributed by atoms with Crippen LogP contribution in [0.15, 0.2) is 22.9 Å². The van der Waals surface area contributed by atoms with Gasteiger partial charge in [-0.1, -0.05) is 0 Å². The lowest BCUT2D eigenvalue weighted by Crippen LogP contribution is -2.04. The van der Waals surface area contributed by atoms with E-state index in [2.05, 4.69) is 33.3 Å². The lowest BCUT2D eigenvalue weighted by Gasteiger charge is -2.03. The molecule has 1 N–H and O–H groups in total. The Balaban J connectivity index is 2.01. The van der Waals surface area contributed by atoms with Gasteiger partial charge in [0.05, 0.1) is 17.9 Å². The highest BCUT2D eigenvalue weighted by molar-refractivity contribution is 7.08. The molecule has 0 aliphatic carbocycles. The third kappa shape index (κ3) is 1.96. The van der Waals surface area contributed by atoms with Crippen LogP contribution in [0.3, 0.4) is 0 Å². The van der Waals surface area contributed by atoms with Gasteiger partial charge in [0, 0.05) is 18.1 Å². The average Bonchev–Trinajstić information content (AvgIpc) is 2.72. The highest BCUT2D eigenvalue weighted by Crippen LogP contribution is 2.13. The van der Waals surface area contributed by atoms with Crippen LogP contribution in [0.1, 0.15) is 11.4 Å². The Bertz CT molecular complexity index is 403. The molecular weight excluding hydrogens is 194 g/mol. The molecule has 0 saturated carbocycles. The van der Waals surface area contributed by atoms with Crippen LogP contribution in [0.25, 0.3) is 0 Å². The molecule has 0 radical (unpaired) electrons. The van der Waals surface area contributed by atoms with E-state index in [0.717, 1.165) is 12.2 Å². The van der Waals surface area contributed by atoms with Crippen LogP contribution in [-0.2, 0) is 13.6 Å². The molecule has 2 heterocycles. The Morgan fingerprint density at radius 1 is 1.57 bits per heavy atom. The van der Waals surface area contributed by atoms with E-state index in [0.29, 0.717) is 0 Å². The fourth-order valence-corrected chi connectivity index (χ4v) is 2.00. The monoisotopic (exact) mass is 207 g/mol. The first kappa shape index (κ1) is 9.27. The SMILES string of the molecule is Cc1cc(CNc2ccsc2)n(C)n1. The molecule has 74 valence electrons. The van der Waals surface area contributed by atoms with E-state index in [9.17, 15) is 0 Å². The summed E-state index contributed by atoms with van der Waals surface area (Å²) < 4.78 is 1.91. The van der Waals surface area contributed by atoms with Crippen molar-refractivity contribution in [3.8, 4) is 0 Å². The highest BCUT2D eigenvalue weighted by Gasteiger charge is 2.01. The van der Waals surface area contributed by atoms with E-state index in [1.165, 1.54) is 11.4 Å². The van der Waals surface area contributed by atoms with E-state index >= 15 is 0 Å². The number of hydrogen-bond acceptors (Lipinski definition) is 3. The molecule has 0 bridgehead atoms. The fraction of sp³-hybridized carbons (Fsp3) is 0.300. The number of hydrogen-bond donors (Lipinski definition) is 1. The zero-order valence-corrected chi connectivity index (χ0v) is 9.14. The van der Waals surface area contributed by atoms with Crippen LogP contribution in [0, 0.1) is 6.92 Å². The van der Waals surface area contributed by atoms with Crippen molar-refractivity contribution < 1.29 is 0 Å².